The first kappa shape index (κ1) is 18.6. The van der Waals surface area contributed by atoms with Crippen LogP contribution < -0.4 is 9.64 Å². The van der Waals surface area contributed by atoms with Crippen LogP contribution in [-0.4, -0.2) is 36.9 Å². The average molecular weight is 413 g/mol. The van der Waals surface area contributed by atoms with Gasteiger partial charge in [0.15, 0.2) is 11.9 Å². The van der Waals surface area contributed by atoms with E-state index in [2.05, 4.69) is 19.9 Å². The molecule has 8 nitrogen and oxygen atoms in total. The largest absolute Gasteiger partial charge is 0.430 e. The number of halogens is 2. The molecule has 0 bridgehead atoms. The highest BCUT2D eigenvalue weighted by molar-refractivity contribution is 6.10. The summed E-state index contributed by atoms with van der Waals surface area (Å²) < 4.78 is 33.7. The Bertz CT molecular complexity index is 1180. The van der Waals surface area contributed by atoms with Crippen LogP contribution in [0.25, 0.3) is 11.5 Å². The maximum atomic E-state index is 13.6. The van der Waals surface area contributed by atoms with Gasteiger partial charge in [0, 0.05) is 17.2 Å². The summed E-state index contributed by atoms with van der Waals surface area (Å²) in [5.41, 5.74) is 1.30. The van der Waals surface area contributed by atoms with Crippen molar-refractivity contribution in [1.29, 1.82) is 0 Å². The highest BCUT2D eigenvalue weighted by Gasteiger charge is 2.50. The first-order valence-electron chi connectivity index (χ1n) is 9.37. The molecule has 3 aromatic rings. The van der Waals surface area contributed by atoms with Crippen molar-refractivity contribution in [2.45, 2.75) is 38.6 Å². The number of hydrogen-bond donors (Lipinski definition) is 1. The third-order valence-corrected chi connectivity index (χ3v) is 5.27. The molecule has 0 radical (unpaired) electrons. The number of aliphatic hydroxyl groups excluding tert-OH is 1. The first-order chi connectivity index (χ1) is 14.3. The number of carbonyl (C=O) groups excluding carboxylic acids is 1. The Labute approximate surface area is 169 Å². The predicted molar refractivity (Wildman–Crippen MR) is 101 cm³/mol. The zero-order valence-corrected chi connectivity index (χ0v) is 16.1. The normalized spacial score (nSPS) is 19.2. The smallest absolute Gasteiger partial charge is 0.429 e. The van der Waals surface area contributed by atoms with Crippen molar-refractivity contribution in [3.8, 4) is 17.3 Å². The number of benzene rings is 1. The molecule has 4 heterocycles. The second-order valence-corrected chi connectivity index (χ2v) is 7.54. The number of aliphatic hydroxyl groups is 1. The van der Waals surface area contributed by atoms with Crippen LogP contribution in [0.5, 0.6) is 5.75 Å². The highest BCUT2D eigenvalue weighted by atomic mass is 19.3. The molecule has 1 atom stereocenters. The molecule has 2 aromatic heterocycles. The SMILES string of the molecule is CC(C)n1cnnc1-c1cccc(N2Cc3cc4c(cc3C2=O)OC(F)(F)C4O)n1. The van der Waals surface area contributed by atoms with Crippen LogP contribution in [0.4, 0.5) is 14.6 Å². The zero-order chi connectivity index (χ0) is 21.2. The van der Waals surface area contributed by atoms with Crippen molar-refractivity contribution in [2.75, 3.05) is 4.90 Å². The molecule has 1 unspecified atom stereocenters. The van der Waals surface area contributed by atoms with Crippen molar-refractivity contribution < 1.29 is 23.4 Å². The average Bonchev–Trinajstić information content (AvgIpc) is 3.37. The van der Waals surface area contributed by atoms with Crippen LogP contribution >= 0.6 is 0 Å². The Kier molecular flexibility index (Phi) is 3.91. The van der Waals surface area contributed by atoms with E-state index in [4.69, 9.17) is 0 Å². The standard InChI is InChI=1S/C20H17F2N5O3/c1-10(2)27-9-23-25-18(27)14-4-3-5-16(24-14)26-8-11-6-13-15(7-12(11)19(26)29)30-20(21,22)17(13)28/h3-7,9-10,17,28H,8H2,1-2H3. The molecule has 0 fully saturated rings. The summed E-state index contributed by atoms with van der Waals surface area (Å²) >= 11 is 0. The third kappa shape index (κ3) is 2.67. The molecule has 30 heavy (non-hydrogen) atoms. The number of hydrogen-bond acceptors (Lipinski definition) is 6. The van der Waals surface area contributed by atoms with Crippen LogP contribution in [0, 0.1) is 0 Å². The lowest BCUT2D eigenvalue weighted by Gasteiger charge is -2.16. The molecule has 0 saturated carbocycles. The molecule has 5 rings (SSSR count). The fourth-order valence-electron chi connectivity index (χ4n) is 3.73. The number of amides is 1. The van der Waals surface area contributed by atoms with E-state index in [0.717, 1.165) is 0 Å². The quantitative estimate of drug-likeness (QED) is 0.709. The van der Waals surface area contributed by atoms with E-state index in [9.17, 15) is 18.7 Å². The van der Waals surface area contributed by atoms with E-state index in [0.29, 0.717) is 22.9 Å². The van der Waals surface area contributed by atoms with Gasteiger partial charge in [0.1, 0.15) is 23.6 Å². The minimum atomic E-state index is -3.71. The van der Waals surface area contributed by atoms with Gasteiger partial charge in [-0.05, 0) is 43.7 Å². The van der Waals surface area contributed by atoms with E-state index in [1.54, 1.807) is 24.5 Å². The van der Waals surface area contributed by atoms with Crippen molar-refractivity contribution in [1.82, 2.24) is 19.7 Å². The second kappa shape index (κ2) is 6.30. The number of nitrogens with zero attached hydrogens (tertiary/aromatic N) is 5. The van der Waals surface area contributed by atoms with E-state index in [-0.39, 0.29) is 35.4 Å². The van der Waals surface area contributed by atoms with Crippen LogP contribution in [0.2, 0.25) is 0 Å². The number of aromatic nitrogens is 4. The monoisotopic (exact) mass is 413 g/mol. The molecule has 10 heteroatoms. The number of ether oxygens (including phenoxy) is 1. The van der Waals surface area contributed by atoms with E-state index >= 15 is 0 Å². The van der Waals surface area contributed by atoms with Gasteiger partial charge < -0.3 is 14.4 Å². The first-order valence-corrected chi connectivity index (χ1v) is 9.37. The number of pyridine rings is 1. The third-order valence-electron chi connectivity index (χ3n) is 5.27. The van der Waals surface area contributed by atoms with Crippen LogP contribution in [-0.2, 0) is 6.54 Å². The fourth-order valence-corrected chi connectivity index (χ4v) is 3.73. The zero-order valence-electron chi connectivity index (χ0n) is 16.1. The summed E-state index contributed by atoms with van der Waals surface area (Å²) in [4.78, 5) is 19.0. The molecule has 0 saturated heterocycles. The minimum absolute atomic E-state index is 0.0276. The fraction of sp³-hybridized carbons (Fsp3) is 0.300. The number of fused-ring (bicyclic) bond motifs is 2. The molecular formula is C20H17F2N5O3. The van der Waals surface area contributed by atoms with Gasteiger partial charge in [-0.1, -0.05) is 6.07 Å². The molecule has 1 N–H and O–H groups in total. The van der Waals surface area contributed by atoms with Crippen molar-refractivity contribution >= 4 is 11.7 Å². The van der Waals surface area contributed by atoms with Gasteiger partial charge in [-0.3, -0.25) is 9.69 Å². The van der Waals surface area contributed by atoms with E-state index < -0.39 is 12.2 Å². The van der Waals surface area contributed by atoms with Crippen LogP contribution in [0.1, 0.15) is 47.5 Å². The Morgan fingerprint density at radius 3 is 2.87 bits per heavy atom. The lowest BCUT2D eigenvalue weighted by Crippen LogP contribution is -2.26. The summed E-state index contributed by atoms with van der Waals surface area (Å²) in [6.45, 7) is 4.14. The Hall–Kier alpha value is -3.40. The second-order valence-electron chi connectivity index (χ2n) is 7.54. The predicted octanol–water partition coefficient (Wildman–Crippen LogP) is 3.10. The van der Waals surface area contributed by atoms with Gasteiger partial charge >= 0.3 is 6.11 Å². The van der Waals surface area contributed by atoms with Gasteiger partial charge in [0.2, 0.25) is 0 Å². The molecular weight excluding hydrogens is 396 g/mol. The Balaban J connectivity index is 1.50. The molecule has 154 valence electrons. The number of anilines is 1. The van der Waals surface area contributed by atoms with Crippen molar-refractivity contribution in [3.63, 3.8) is 0 Å². The highest BCUT2D eigenvalue weighted by Crippen LogP contribution is 2.47. The Morgan fingerprint density at radius 1 is 1.30 bits per heavy atom. The summed E-state index contributed by atoms with van der Waals surface area (Å²) in [5.74, 6) is 0.414. The molecule has 0 spiro atoms. The van der Waals surface area contributed by atoms with Crippen molar-refractivity contribution in [2.24, 2.45) is 0 Å². The Morgan fingerprint density at radius 2 is 2.10 bits per heavy atom. The number of carbonyl (C=O) groups is 1. The molecule has 1 amide bonds. The van der Waals surface area contributed by atoms with E-state index in [1.807, 2.05) is 18.4 Å². The van der Waals surface area contributed by atoms with Gasteiger partial charge in [-0.2, -0.15) is 8.78 Å². The van der Waals surface area contributed by atoms with Gasteiger partial charge in [0.05, 0.1) is 6.54 Å². The topological polar surface area (TPSA) is 93.4 Å². The van der Waals surface area contributed by atoms with Crippen LogP contribution in [0.15, 0.2) is 36.7 Å². The van der Waals surface area contributed by atoms with E-state index in [1.165, 1.54) is 17.0 Å². The lowest BCUT2D eigenvalue weighted by atomic mass is 10.0. The minimum Gasteiger partial charge on any atom is -0.430 e. The summed E-state index contributed by atoms with van der Waals surface area (Å²) in [6.07, 6.45) is -4.15. The number of alkyl halides is 2. The molecule has 1 aromatic carbocycles. The summed E-state index contributed by atoms with van der Waals surface area (Å²) in [6, 6.07) is 8.02. The summed E-state index contributed by atoms with van der Waals surface area (Å²) in [5, 5.41) is 17.9. The van der Waals surface area contributed by atoms with Crippen LogP contribution in [0.3, 0.4) is 0 Å². The lowest BCUT2D eigenvalue weighted by molar-refractivity contribution is -0.224. The number of rotatable bonds is 3. The maximum absolute atomic E-state index is 13.6. The van der Waals surface area contributed by atoms with Gasteiger partial charge in [-0.25, -0.2) is 4.98 Å². The summed E-state index contributed by atoms with van der Waals surface area (Å²) in [7, 11) is 0. The van der Waals surface area contributed by atoms with Crippen molar-refractivity contribution in [3.05, 3.63) is 53.3 Å². The van der Waals surface area contributed by atoms with Gasteiger partial charge in [-0.15, -0.1) is 10.2 Å². The molecule has 2 aliphatic heterocycles. The maximum Gasteiger partial charge on any atom is 0.429 e. The molecule has 0 aliphatic carbocycles. The van der Waals surface area contributed by atoms with Gasteiger partial charge in [0.25, 0.3) is 5.91 Å². The molecule has 2 aliphatic rings.